The SMILES string of the molecule is Cc1ccc(NC(=O)c2cnn(-c3ccc(Br)cc3)c2)cc1C. The number of aromatic nitrogens is 2. The minimum atomic E-state index is -0.170. The van der Waals surface area contributed by atoms with Crippen molar-refractivity contribution in [3.63, 3.8) is 0 Å². The molecule has 1 N–H and O–H groups in total. The molecule has 0 atom stereocenters. The Morgan fingerprint density at radius 2 is 1.83 bits per heavy atom. The van der Waals surface area contributed by atoms with Gasteiger partial charge in [0, 0.05) is 16.4 Å². The highest BCUT2D eigenvalue weighted by Crippen LogP contribution is 2.17. The molecule has 0 saturated carbocycles. The summed E-state index contributed by atoms with van der Waals surface area (Å²) < 4.78 is 2.68. The number of anilines is 1. The molecule has 0 bridgehead atoms. The molecule has 0 aliphatic carbocycles. The van der Waals surface area contributed by atoms with E-state index in [0.717, 1.165) is 21.4 Å². The second kappa shape index (κ2) is 6.38. The number of carbonyl (C=O) groups is 1. The van der Waals surface area contributed by atoms with Crippen molar-refractivity contribution in [2.75, 3.05) is 5.32 Å². The lowest BCUT2D eigenvalue weighted by molar-refractivity contribution is 0.102. The fourth-order valence-corrected chi connectivity index (χ4v) is 2.46. The fourth-order valence-electron chi connectivity index (χ4n) is 2.20. The van der Waals surface area contributed by atoms with Gasteiger partial charge in [-0.2, -0.15) is 5.10 Å². The molecule has 1 amide bonds. The summed E-state index contributed by atoms with van der Waals surface area (Å²) in [6, 6.07) is 13.6. The molecule has 3 rings (SSSR count). The lowest BCUT2D eigenvalue weighted by Gasteiger charge is -2.06. The second-order valence-corrected chi connectivity index (χ2v) is 6.32. The maximum Gasteiger partial charge on any atom is 0.258 e. The third kappa shape index (κ3) is 3.51. The number of hydrogen-bond acceptors (Lipinski definition) is 2. The molecule has 3 aromatic rings. The zero-order valence-corrected chi connectivity index (χ0v) is 14.5. The van der Waals surface area contributed by atoms with Crippen LogP contribution in [-0.2, 0) is 0 Å². The highest BCUT2D eigenvalue weighted by Gasteiger charge is 2.10. The van der Waals surface area contributed by atoms with Gasteiger partial charge < -0.3 is 5.32 Å². The smallest absolute Gasteiger partial charge is 0.258 e. The molecule has 0 saturated heterocycles. The maximum atomic E-state index is 12.3. The molecule has 4 nitrogen and oxygen atoms in total. The first kappa shape index (κ1) is 15.5. The average molecular weight is 370 g/mol. The van der Waals surface area contributed by atoms with Crippen LogP contribution in [0.3, 0.4) is 0 Å². The van der Waals surface area contributed by atoms with Crippen LogP contribution in [0.15, 0.2) is 59.3 Å². The first-order valence-corrected chi connectivity index (χ1v) is 8.01. The third-order valence-corrected chi connectivity index (χ3v) is 4.23. The molecule has 1 aromatic heterocycles. The van der Waals surface area contributed by atoms with Gasteiger partial charge in [-0.15, -0.1) is 0 Å². The van der Waals surface area contributed by atoms with E-state index < -0.39 is 0 Å². The van der Waals surface area contributed by atoms with Crippen molar-refractivity contribution in [3.05, 3.63) is 76.0 Å². The van der Waals surface area contributed by atoms with Gasteiger partial charge in [0.25, 0.3) is 5.91 Å². The predicted molar refractivity (Wildman–Crippen MR) is 95.1 cm³/mol. The van der Waals surface area contributed by atoms with Crippen LogP contribution in [0.1, 0.15) is 21.5 Å². The van der Waals surface area contributed by atoms with Gasteiger partial charge in [0.05, 0.1) is 17.4 Å². The van der Waals surface area contributed by atoms with E-state index in [1.165, 1.54) is 5.56 Å². The van der Waals surface area contributed by atoms with E-state index in [0.29, 0.717) is 5.56 Å². The number of benzene rings is 2. The van der Waals surface area contributed by atoms with Gasteiger partial charge in [-0.1, -0.05) is 22.0 Å². The third-order valence-electron chi connectivity index (χ3n) is 3.70. The lowest BCUT2D eigenvalue weighted by atomic mass is 10.1. The number of carbonyl (C=O) groups excluding carboxylic acids is 1. The minimum Gasteiger partial charge on any atom is -0.322 e. The normalized spacial score (nSPS) is 10.6. The highest BCUT2D eigenvalue weighted by atomic mass is 79.9. The molecular weight excluding hydrogens is 354 g/mol. The first-order valence-electron chi connectivity index (χ1n) is 7.22. The van der Waals surface area contributed by atoms with Gasteiger partial charge in [0.15, 0.2) is 0 Å². The first-order chi connectivity index (χ1) is 11.0. The van der Waals surface area contributed by atoms with E-state index in [1.807, 2.05) is 56.3 Å². The number of nitrogens with zero attached hydrogens (tertiary/aromatic N) is 2. The quantitative estimate of drug-likeness (QED) is 0.738. The van der Waals surface area contributed by atoms with Gasteiger partial charge in [-0.05, 0) is 61.4 Å². The van der Waals surface area contributed by atoms with Gasteiger partial charge in [-0.25, -0.2) is 4.68 Å². The summed E-state index contributed by atoms with van der Waals surface area (Å²) in [5.74, 6) is -0.170. The van der Waals surface area contributed by atoms with Crippen LogP contribution in [0.25, 0.3) is 5.69 Å². The summed E-state index contributed by atoms with van der Waals surface area (Å²) >= 11 is 3.40. The number of rotatable bonds is 3. The molecule has 0 radical (unpaired) electrons. The number of hydrogen-bond donors (Lipinski definition) is 1. The van der Waals surface area contributed by atoms with Crippen molar-refractivity contribution in [2.24, 2.45) is 0 Å². The lowest BCUT2D eigenvalue weighted by Crippen LogP contribution is -2.11. The molecule has 0 fully saturated rings. The number of aryl methyl sites for hydroxylation is 2. The standard InChI is InChI=1S/C18H16BrN3O/c1-12-3-6-16(9-13(12)2)21-18(23)14-10-20-22(11-14)17-7-4-15(19)5-8-17/h3-11H,1-2H3,(H,21,23). The summed E-state index contributed by atoms with van der Waals surface area (Å²) in [6.45, 7) is 4.07. The monoisotopic (exact) mass is 369 g/mol. The number of amides is 1. The molecule has 116 valence electrons. The van der Waals surface area contributed by atoms with E-state index >= 15 is 0 Å². The molecule has 1 heterocycles. The van der Waals surface area contributed by atoms with Gasteiger partial charge in [0.2, 0.25) is 0 Å². The van der Waals surface area contributed by atoms with Crippen LogP contribution >= 0.6 is 15.9 Å². The van der Waals surface area contributed by atoms with Crippen LogP contribution < -0.4 is 5.32 Å². The largest absolute Gasteiger partial charge is 0.322 e. The number of nitrogens with one attached hydrogen (secondary N) is 1. The summed E-state index contributed by atoms with van der Waals surface area (Å²) in [6.07, 6.45) is 3.29. The Morgan fingerprint density at radius 1 is 1.09 bits per heavy atom. The molecule has 0 aliphatic heterocycles. The van der Waals surface area contributed by atoms with Crippen molar-refractivity contribution >= 4 is 27.5 Å². The van der Waals surface area contributed by atoms with Crippen molar-refractivity contribution in [1.82, 2.24) is 9.78 Å². The number of halogens is 1. The molecular formula is C18H16BrN3O. The molecule has 23 heavy (non-hydrogen) atoms. The Morgan fingerprint density at radius 3 is 2.52 bits per heavy atom. The molecule has 2 aromatic carbocycles. The van der Waals surface area contributed by atoms with Gasteiger partial charge in [-0.3, -0.25) is 4.79 Å². The molecule has 0 aliphatic rings. The van der Waals surface area contributed by atoms with Crippen molar-refractivity contribution in [2.45, 2.75) is 13.8 Å². The van der Waals surface area contributed by atoms with Crippen molar-refractivity contribution in [1.29, 1.82) is 0 Å². The van der Waals surface area contributed by atoms with Crippen LogP contribution in [0.5, 0.6) is 0 Å². The molecule has 0 unspecified atom stereocenters. The Labute approximate surface area is 143 Å². The summed E-state index contributed by atoms with van der Waals surface area (Å²) in [5, 5.41) is 7.15. The van der Waals surface area contributed by atoms with Crippen molar-refractivity contribution in [3.8, 4) is 5.69 Å². The topological polar surface area (TPSA) is 46.9 Å². The van der Waals surface area contributed by atoms with E-state index in [-0.39, 0.29) is 5.91 Å². The van der Waals surface area contributed by atoms with Crippen molar-refractivity contribution < 1.29 is 4.79 Å². The second-order valence-electron chi connectivity index (χ2n) is 5.40. The Balaban J connectivity index is 1.78. The van der Waals surface area contributed by atoms with Crippen LogP contribution in [0.4, 0.5) is 5.69 Å². The minimum absolute atomic E-state index is 0.170. The average Bonchev–Trinajstić information content (AvgIpc) is 3.02. The van der Waals surface area contributed by atoms with E-state index in [1.54, 1.807) is 17.1 Å². The Hall–Kier alpha value is -2.40. The zero-order chi connectivity index (χ0) is 16.4. The predicted octanol–water partition coefficient (Wildman–Crippen LogP) is 4.50. The summed E-state index contributed by atoms with van der Waals surface area (Å²) in [4.78, 5) is 12.3. The molecule has 0 spiro atoms. The van der Waals surface area contributed by atoms with Gasteiger partial charge in [0.1, 0.15) is 0 Å². The Kier molecular flexibility index (Phi) is 4.30. The molecule has 5 heteroatoms. The van der Waals surface area contributed by atoms with E-state index in [2.05, 4.69) is 26.3 Å². The Bertz CT molecular complexity index is 853. The maximum absolute atomic E-state index is 12.3. The zero-order valence-electron chi connectivity index (χ0n) is 12.9. The van der Waals surface area contributed by atoms with Crippen LogP contribution in [0.2, 0.25) is 0 Å². The summed E-state index contributed by atoms with van der Waals surface area (Å²) in [5.41, 5.74) is 4.55. The fraction of sp³-hybridized carbons (Fsp3) is 0.111. The van der Waals surface area contributed by atoms with E-state index in [9.17, 15) is 4.79 Å². The van der Waals surface area contributed by atoms with Gasteiger partial charge >= 0.3 is 0 Å². The summed E-state index contributed by atoms with van der Waals surface area (Å²) in [7, 11) is 0. The van der Waals surface area contributed by atoms with Crippen LogP contribution in [-0.4, -0.2) is 15.7 Å². The highest BCUT2D eigenvalue weighted by molar-refractivity contribution is 9.10. The van der Waals surface area contributed by atoms with Crippen LogP contribution in [0, 0.1) is 13.8 Å². The van der Waals surface area contributed by atoms with E-state index in [4.69, 9.17) is 0 Å².